The molecule has 1 aliphatic carbocycles. The van der Waals surface area contributed by atoms with E-state index in [-0.39, 0.29) is 36.5 Å². The van der Waals surface area contributed by atoms with Gasteiger partial charge in [-0.2, -0.15) is 13.2 Å². The number of benzene rings is 1. The molecule has 1 saturated carbocycles. The van der Waals surface area contributed by atoms with Crippen molar-refractivity contribution in [3.63, 3.8) is 0 Å². The van der Waals surface area contributed by atoms with Crippen LogP contribution in [0.15, 0.2) is 18.2 Å². The van der Waals surface area contributed by atoms with Crippen molar-refractivity contribution in [2.45, 2.75) is 31.9 Å². The van der Waals surface area contributed by atoms with Crippen molar-refractivity contribution >= 4 is 29.0 Å². The molecular formula is C14H13Cl2F3O. The average Bonchev–Trinajstić information content (AvgIpc) is 2.40. The minimum Gasteiger partial charge on any atom is -0.294 e. The Morgan fingerprint density at radius 2 is 1.70 bits per heavy atom. The number of hydrogen-bond acceptors (Lipinski definition) is 1. The van der Waals surface area contributed by atoms with Crippen LogP contribution in [-0.2, 0) is 0 Å². The summed E-state index contributed by atoms with van der Waals surface area (Å²) in [5.41, 5.74) is 0.301. The number of carbonyl (C=O) groups excluding carboxylic acids is 1. The first-order valence-electron chi connectivity index (χ1n) is 6.35. The van der Waals surface area contributed by atoms with Gasteiger partial charge in [-0.15, -0.1) is 0 Å². The highest BCUT2D eigenvalue weighted by Crippen LogP contribution is 2.40. The van der Waals surface area contributed by atoms with E-state index in [1.807, 2.05) is 0 Å². The second-order valence-corrected chi connectivity index (χ2v) is 5.92. The molecule has 0 atom stereocenters. The van der Waals surface area contributed by atoms with Crippen LogP contribution in [0.1, 0.15) is 36.0 Å². The third-order valence-corrected chi connectivity index (χ3v) is 4.32. The van der Waals surface area contributed by atoms with E-state index in [0.717, 1.165) is 0 Å². The number of hydrogen-bond donors (Lipinski definition) is 0. The maximum absolute atomic E-state index is 12.6. The highest BCUT2D eigenvalue weighted by Gasteiger charge is 2.42. The van der Waals surface area contributed by atoms with Crippen LogP contribution in [0.3, 0.4) is 0 Å². The second-order valence-electron chi connectivity index (χ2n) is 5.08. The number of alkyl halides is 3. The summed E-state index contributed by atoms with van der Waals surface area (Å²) in [5, 5.41) is 0.680. The Balaban J connectivity index is 2.07. The summed E-state index contributed by atoms with van der Waals surface area (Å²) in [5.74, 6) is -1.90. The Morgan fingerprint density at radius 1 is 1.10 bits per heavy atom. The largest absolute Gasteiger partial charge is 0.391 e. The van der Waals surface area contributed by atoms with Crippen LogP contribution in [0.2, 0.25) is 10.0 Å². The summed E-state index contributed by atoms with van der Waals surface area (Å²) < 4.78 is 37.8. The van der Waals surface area contributed by atoms with Crippen LogP contribution in [0.5, 0.6) is 0 Å². The molecule has 0 aromatic heterocycles. The number of Topliss-reactive ketones (excluding diaryl/α,β-unsaturated/α-hetero) is 1. The van der Waals surface area contributed by atoms with E-state index in [4.69, 9.17) is 23.2 Å². The molecule has 1 aliphatic rings. The van der Waals surface area contributed by atoms with Gasteiger partial charge < -0.3 is 0 Å². The molecule has 0 amide bonds. The predicted molar refractivity (Wildman–Crippen MR) is 72.3 cm³/mol. The summed E-state index contributed by atoms with van der Waals surface area (Å²) >= 11 is 11.8. The highest BCUT2D eigenvalue weighted by molar-refractivity contribution is 6.36. The first kappa shape index (κ1) is 15.6. The SMILES string of the molecule is O=C(c1cc(Cl)ccc1Cl)C1CCC(C(F)(F)F)CC1. The van der Waals surface area contributed by atoms with Crippen LogP contribution < -0.4 is 0 Å². The molecule has 1 nitrogen and oxygen atoms in total. The van der Waals surface area contributed by atoms with Crippen LogP contribution in [0.25, 0.3) is 0 Å². The third-order valence-electron chi connectivity index (χ3n) is 3.75. The second kappa shape index (κ2) is 5.94. The molecule has 0 aliphatic heterocycles. The number of halogens is 5. The Kier molecular flexibility index (Phi) is 4.65. The molecule has 110 valence electrons. The fourth-order valence-electron chi connectivity index (χ4n) is 2.59. The summed E-state index contributed by atoms with van der Waals surface area (Å²) in [6.45, 7) is 0. The summed E-state index contributed by atoms with van der Waals surface area (Å²) in [6, 6.07) is 4.57. The molecular weight excluding hydrogens is 312 g/mol. The van der Waals surface area contributed by atoms with Gasteiger partial charge in [0.05, 0.1) is 10.9 Å². The lowest BCUT2D eigenvalue weighted by atomic mass is 9.78. The van der Waals surface area contributed by atoms with E-state index < -0.39 is 18.0 Å². The van der Waals surface area contributed by atoms with Gasteiger partial charge in [0.1, 0.15) is 0 Å². The third kappa shape index (κ3) is 3.47. The van der Waals surface area contributed by atoms with E-state index in [9.17, 15) is 18.0 Å². The molecule has 0 heterocycles. The molecule has 2 rings (SSSR count). The Hall–Kier alpha value is -0.740. The lowest BCUT2D eigenvalue weighted by molar-refractivity contribution is -0.183. The van der Waals surface area contributed by atoms with Crippen molar-refractivity contribution in [3.05, 3.63) is 33.8 Å². The highest BCUT2D eigenvalue weighted by atomic mass is 35.5. The first-order valence-corrected chi connectivity index (χ1v) is 7.10. The van der Waals surface area contributed by atoms with Crippen molar-refractivity contribution in [1.29, 1.82) is 0 Å². The maximum atomic E-state index is 12.6. The van der Waals surface area contributed by atoms with E-state index in [0.29, 0.717) is 10.6 Å². The van der Waals surface area contributed by atoms with Gasteiger partial charge in [-0.1, -0.05) is 23.2 Å². The molecule has 1 aromatic carbocycles. The van der Waals surface area contributed by atoms with Crippen molar-refractivity contribution < 1.29 is 18.0 Å². The molecule has 0 radical (unpaired) electrons. The zero-order valence-electron chi connectivity index (χ0n) is 10.5. The number of carbonyl (C=O) groups is 1. The maximum Gasteiger partial charge on any atom is 0.391 e. The van der Waals surface area contributed by atoms with Gasteiger partial charge in [0.25, 0.3) is 0 Å². The fourth-order valence-corrected chi connectivity index (χ4v) is 2.97. The molecule has 0 bridgehead atoms. The van der Waals surface area contributed by atoms with Gasteiger partial charge >= 0.3 is 6.18 Å². The summed E-state index contributed by atoms with van der Waals surface area (Å²) in [6.07, 6.45) is -3.68. The molecule has 1 aromatic rings. The van der Waals surface area contributed by atoms with Gasteiger partial charge in [0.15, 0.2) is 5.78 Å². The fraction of sp³-hybridized carbons (Fsp3) is 0.500. The van der Waals surface area contributed by atoms with Crippen LogP contribution in [0.4, 0.5) is 13.2 Å². The number of rotatable bonds is 2. The number of ketones is 1. The molecule has 0 unspecified atom stereocenters. The van der Waals surface area contributed by atoms with Crippen molar-refractivity contribution in [3.8, 4) is 0 Å². The van der Waals surface area contributed by atoms with Crippen LogP contribution in [-0.4, -0.2) is 12.0 Å². The minimum atomic E-state index is -4.16. The van der Waals surface area contributed by atoms with Gasteiger partial charge in [-0.3, -0.25) is 4.79 Å². The van der Waals surface area contributed by atoms with E-state index in [2.05, 4.69) is 0 Å². The lowest BCUT2D eigenvalue weighted by Gasteiger charge is -2.29. The summed E-state index contributed by atoms with van der Waals surface area (Å²) in [4.78, 5) is 12.3. The van der Waals surface area contributed by atoms with Gasteiger partial charge in [-0.25, -0.2) is 0 Å². The Bertz CT molecular complexity index is 506. The van der Waals surface area contributed by atoms with Crippen LogP contribution >= 0.6 is 23.2 Å². The zero-order valence-corrected chi connectivity index (χ0v) is 12.0. The average molecular weight is 325 g/mol. The normalized spacial score (nSPS) is 23.6. The standard InChI is InChI=1S/C14H13Cl2F3O/c15-10-5-6-12(16)11(7-10)13(20)8-1-3-9(4-2-8)14(17,18)19/h5-9H,1-4H2. The molecule has 0 saturated heterocycles. The smallest absolute Gasteiger partial charge is 0.294 e. The topological polar surface area (TPSA) is 17.1 Å². The monoisotopic (exact) mass is 324 g/mol. The first-order chi connectivity index (χ1) is 9.29. The predicted octanol–water partition coefficient (Wildman–Crippen LogP) is 5.54. The van der Waals surface area contributed by atoms with Crippen molar-refractivity contribution in [1.82, 2.24) is 0 Å². The lowest BCUT2D eigenvalue weighted by Crippen LogP contribution is -2.30. The minimum absolute atomic E-state index is 0.00189. The molecule has 20 heavy (non-hydrogen) atoms. The Morgan fingerprint density at radius 3 is 2.25 bits per heavy atom. The summed E-state index contributed by atoms with van der Waals surface area (Å²) in [7, 11) is 0. The van der Waals surface area contributed by atoms with Crippen molar-refractivity contribution in [2.75, 3.05) is 0 Å². The van der Waals surface area contributed by atoms with E-state index in [1.54, 1.807) is 6.07 Å². The van der Waals surface area contributed by atoms with Gasteiger partial charge in [0.2, 0.25) is 0 Å². The molecule has 6 heteroatoms. The quantitative estimate of drug-likeness (QED) is 0.652. The van der Waals surface area contributed by atoms with E-state index in [1.165, 1.54) is 12.1 Å². The zero-order chi connectivity index (χ0) is 14.9. The van der Waals surface area contributed by atoms with Gasteiger partial charge in [0, 0.05) is 16.5 Å². The molecule has 0 N–H and O–H groups in total. The van der Waals surface area contributed by atoms with Crippen molar-refractivity contribution in [2.24, 2.45) is 11.8 Å². The molecule has 1 fully saturated rings. The molecule has 0 spiro atoms. The van der Waals surface area contributed by atoms with Gasteiger partial charge in [-0.05, 0) is 43.9 Å². The van der Waals surface area contributed by atoms with Crippen LogP contribution in [0, 0.1) is 11.8 Å². The van der Waals surface area contributed by atoms with E-state index >= 15 is 0 Å². The Labute approximate surface area is 125 Å².